The van der Waals surface area contributed by atoms with Crippen LogP contribution in [0.15, 0.2) is 30.3 Å². The number of anilines is 2. The van der Waals surface area contributed by atoms with Gasteiger partial charge in [-0.25, -0.2) is 9.78 Å². The van der Waals surface area contributed by atoms with Gasteiger partial charge in [-0.2, -0.15) is 18.2 Å². The molecular weight excluding hydrogens is 451 g/mol. The number of halogens is 3. The average Bonchev–Trinajstić information content (AvgIpc) is 2.74. The van der Waals surface area contributed by atoms with Crippen molar-refractivity contribution in [3.8, 4) is 0 Å². The van der Waals surface area contributed by atoms with Gasteiger partial charge in [0.25, 0.3) is 5.91 Å². The van der Waals surface area contributed by atoms with Crippen LogP contribution in [0, 0.1) is 13.8 Å². The van der Waals surface area contributed by atoms with Crippen molar-refractivity contribution < 1.29 is 27.9 Å². The first-order chi connectivity index (χ1) is 15.8. The second kappa shape index (κ2) is 11.7. The summed E-state index contributed by atoms with van der Waals surface area (Å²) in [7, 11) is 3.96. The lowest BCUT2D eigenvalue weighted by molar-refractivity contribution is -0.192. The quantitative estimate of drug-likeness (QED) is 0.594. The number of carbonyl (C=O) groups is 2. The van der Waals surface area contributed by atoms with Crippen molar-refractivity contribution in [2.45, 2.75) is 57.8 Å². The Bertz CT molecular complexity index is 990. The maximum atomic E-state index is 12.4. The summed E-state index contributed by atoms with van der Waals surface area (Å²) in [6, 6.07) is 10.3. The molecule has 1 aromatic carbocycles. The van der Waals surface area contributed by atoms with Crippen LogP contribution in [0.2, 0.25) is 0 Å². The predicted molar refractivity (Wildman–Crippen MR) is 123 cm³/mol. The summed E-state index contributed by atoms with van der Waals surface area (Å²) in [5.74, 6) is -1.14. The summed E-state index contributed by atoms with van der Waals surface area (Å²) in [4.78, 5) is 32.4. The lowest BCUT2D eigenvalue weighted by Gasteiger charge is -2.30. The molecule has 1 aromatic heterocycles. The molecule has 1 saturated carbocycles. The number of hydrogen-bond donors (Lipinski definition) is 3. The van der Waals surface area contributed by atoms with Gasteiger partial charge in [0.15, 0.2) is 0 Å². The number of rotatable bonds is 5. The SMILES string of the molecule is Cc1cccc(C(=O)NC2CCC(Nc3nc(C)cc(N(C)C)n3)CC2)c1.O=C(O)C(F)(F)F. The van der Waals surface area contributed by atoms with Gasteiger partial charge >= 0.3 is 12.1 Å². The largest absolute Gasteiger partial charge is 0.490 e. The zero-order valence-electron chi connectivity index (χ0n) is 19.6. The highest BCUT2D eigenvalue weighted by molar-refractivity contribution is 5.94. The highest BCUT2D eigenvalue weighted by Crippen LogP contribution is 2.22. The van der Waals surface area contributed by atoms with E-state index in [2.05, 4.69) is 20.6 Å². The molecule has 0 radical (unpaired) electrons. The Kier molecular flexibility index (Phi) is 9.22. The van der Waals surface area contributed by atoms with Crippen molar-refractivity contribution in [2.24, 2.45) is 0 Å². The molecule has 3 rings (SSSR count). The molecule has 8 nitrogen and oxygen atoms in total. The molecule has 1 heterocycles. The van der Waals surface area contributed by atoms with Gasteiger partial charge < -0.3 is 20.6 Å². The molecule has 1 aliphatic rings. The van der Waals surface area contributed by atoms with E-state index in [1.54, 1.807) is 0 Å². The smallest absolute Gasteiger partial charge is 0.475 e. The van der Waals surface area contributed by atoms with Crippen LogP contribution in [-0.2, 0) is 4.79 Å². The highest BCUT2D eigenvalue weighted by atomic mass is 19.4. The Morgan fingerprint density at radius 1 is 1.03 bits per heavy atom. The fraction of sp³-hybridized carbons (Fsp3) is 0.478. The van der Waals surface area contributed by atoms with Crippen LogP contribution >= 0.6 is 0 Å². The van der Waals surface area contributed by atoms with Gasteiger partial charge in [-0.15, -0.1) is 0 Å². The summed E-state index contributed by atoms with van der Waals surface area (Å²) < 4.78 is 31.7. The Morgan fingerprint density at radius 3 is 2.15 bits per heavy atom. The maximum Gasteiger partial charge on any atom is 0.490 e. The number of carbonyl (C=O) groups excluding carboxylic acids is 1. The van der Waals surface area contributed by atoms with Crippen molar-refractivity contribution in [1.29, 1.82) is 0 Å². The summed E-state index contributed by atoms with van der Waals surface area (Å²) in [5.41, 5.74) is 2.79. The lowest BCUT2D eigenvalue weighted by Crippen LogP contribution is -2.40. The van der Waals surface area contributed by atoms with Gasteiger partial charge in [0.2, 0.25) is 5.95 Å². The van der Waals surface area contributed by atoms with Crippen LogP contribution in [-0.4, -0.2) is 59.3 Å². The number of carboxylic acids is 1. The zero-order valence-corrected chi connectivity index (χ0v) is 19.6. The van der Waals surface area contributed by atoms with Crippen LogP contribution < -0.4 is 15.5 Å². The minimum Gasteiger partial charge on any atom is -0.475 e. The number of aliphatic carboxylic acids is 1. The van der Waals surface area contributed by atoms with E-state index in [-0.39, 0.29) is 11.9 Å². The van der Waals surface area contributed by atoms with E-state index in [1.807, 2.05) is 63.2 Å². The molecular formula is C23H30F3N5O3. The summed E-state index contributed by atoms with van der Waals surface area (Å²) in [6.07, 6.45) is -1.18. The Balaban J connectivity index is 0.000000509. The first-order valence-electron chi connectivity index (χ1n) is 10.8. The molecule has 0 aliphatic heterocycles. The van der Waals surface area contributed by atoms with Crippen LogP contribution in [0.3, 0.4) is 0 Å². The number of aromatic nitrogens is 2. The number of amides is 1. The first kappa shape index (κ1) is 26.9. The third kappa shape index (κ3) is 8.53. The third-order valence-electron chi connectivity index (χ3n) is 5.22. The number of nitrogens with one attached hydrogen (secondary N) is 2. The summed E-state index contributed by atoms with van der Waals surface area (Å²) >= 11 is 0. The normalized spacial score (nSPS) is 17.7. The molecule has 2 aromatic rings. The van der Waals surface area contributed by atoms with Crippen LogP contribution in [0.4, 0.5) is 24.9 Å². The van der Waals surface area contributed by atoms with Crippen molar-refractivity contribution in [3.05, 3.63) is 47.2 Å². The fourth-order valence-corrected chi connectivity index (χ4v) is 3.47. The van der Waals surface area contributed by atoms with E-state index in [4.69, 9.17) is 9.90 Å². The number of alkyl halides is 3. The molecule has 0 atom stereocenters. The van der Waals surface area contributed by atoms with E-state index in [1.165, 1.54) is 0 Å². The van der Waals surface area contributed by atoms with Crippen molar-refractivity contribution in [1.82, 2.24) is 15.3 Å². The van der Waals surface area contributed by atoms with Gasteiger partial charge in [-0.05, 0) is 51.7 Å². The topological polar surface area (TPSA) is 107 Å². The summed E-state index contributed by atoms with van der Waals surface area (Å²) in [5, 5.41) is 13.8. The molecule has 186 valence electrons. The number of aryl methyl sites for hydroxylation is 2. The molecule has 1 fully saturated rings. The predicted octanol–water partition coefficient (Wildman–Crippen LogP) is 3.95. The van der Waals surface area contributed by atoms with Crippen LogP contribution in [0.5, 0.6) is 0 Å². The lowest BCUT2D eigenvalue weighted by atomic mass is 9.91. The van der Waals surface area contributed by atoms with Crippen molar-refractivity contribution >= 4 is 23.6 Å². The molecule has 1 aliphatic carbocycles. The van der Waals surface area contributed by atoms with E-state index in [0.717, 1.165) is 48.3 Å². The Morgan fingerprint density at radius 2 is 1.62 bits per heavy atom. The monoisotopic (exact) mass is 481 g/mol. The Labute approximate surface area is 196 Å². The van der Waals surface area contributed by atoms with Crippen molar-refractivity contribution in [3.63, 3.8) is 0 Å². The molecule has 0 unspecified atom stereocenters. The van der Waals surface area contributed by atoms with Crippen LogP contribution in [0.25, 0.3) is 0 Å². The van der Waals surface area contributed by atoms with E-state index in [9.17, 15) is 18.0 Å². The van der Waals surface area contributed by atoms with Gasteiger partial charge in [0.1, 0.15) is 5.82 Å². The van der Waals surface area contributed by atoms with E-state index in [0.29, 0.717) is 12.0 Å². The number of carboxylic acid groups (broad SMARTS) is 1. The second-order valence-electron chi connectivity index (χ2n) is 8.42. The van der Waals surface area contributed by atoms with Crippen LogP contribution in [0.1, 0.15) is 47.3 Å². The molecule has 1 amide bonds. The maximum absolute atomic E-state index is 12.4. The average molecular weight is 482 g/mol. The third-order valence-corrected chi connectivity index (χ3v) is 5.22. The first-order valence-corrected chi connectivity index (χ1v) is 10.8. The highest BCUT2D eigenvalue weighted by Gasteiger charge is 2.38. The molecule has 3 N–H and O–H groups in total. The van der Waals surface area contributed by atoms with Gasteiger partial charge in [0, 0.05) is 43.5 Å². The standard InChI is InChI=1S/C21H29N5O.C2HF3O2/c1-14-6-5-7-16(12-14)20(27)23-17-8-10-18(11-9-17)24-21-22-15(2)13-19(25-21)26(3)4;3-2(4,5)1(6)7/h5-7,12-13,17-18H,8-11H2,1-4H3,(H,23,27)(H,22,24,25);(H,6,7). The number of hydrogen-bond acceptors (Lipinski definition) is 6. The molecule has 0 bridgehead atoms. The Hall–Kier alpha value is -3.37. The molecule has 34 heavy (non-hydrogen) atoms. The zero-order chi connectivity index (χ0) is 25.5. The van der Waals surface area contributed by atoms with E-state index < -0.39 is 12.1 Å². The van der Waals surface area contributed by atoms with E-state index >= 15 is 0 Å². The van der Waals surface area contributed by atoms with Crippen molar-refractivity contribution in [2.75, 3.05) is 24.3 Å². The molecule has 11 heteroatoms. The number of nitrogens with zero attached hydrogens (tertiary/aromatic N) is 3. The van der Waals surface area contributed by atoms with Gasteiger partial charge in [0.05, 0.1) is 0 Å². The summed E-state index contributed by atoms with van der Waals surface area (Å²) in [6.45, 7) is 3.99. The second-order valence-corrected chi connectivity index (χ2v) is 8.42. The minimum absolute atomic E-state index is 0.0211. The van der Waals surface area contributed by atoms with Gasteiger partial charge in [-0.1, -0.05) is 17.7 Å². The molecule has 0 spiro atoms. The van der Waals surface area contributed by atoms with Gasteiger partial charge in [-0.3, -0.25) is 4.79 Å². The molecule has 0 saturated heterocycles. The fourth-order valence-electron chi connectivity index (χ4n) is 3.47. The minimum atomic E-state index is -5.08. The number of benzene rings is 1.